The normalized spacial score (nSPS) is 18.6. The number of rotatable bonds is 5. The van der Waals surface area contributed by atoms with Crippen molar-refractivity contribution in [1.29, 1.82) is 0 Å². The average molecular weight is 596 g/mol. The third-order valence-corrected chi connectivity index (χ3v) is 9.52. The van der Waals surface area contributed by atoms with Crippen LogP contribution in [-0.4, -0.2) is 56.4 Å². The van der Waals surface area contributed by atoms with Gasteiger partial charge in [0.05, 0.1) is 11.7 Å². The van der Waals surface area contributed by atoms with E-state index in [2.05, 4.69) is 55.9 Å². The molecule has 2 amide bonds. The molecule has 2 aromatic carbocycles. The molecular weight excluding hydrogens is 550 g/mol. The number of nitrogens with one attached hydrogen (secondary N) is 2. The van der Waals surface area contributed by atoms with E-state index in [-0.39, 0.29) is 41.0 Å². The number of nitrogens with zero attached hydrogens (tertiary/aromatic N) is 3. The van der Waals surface area contributed by atoms with Gasteiger partial charge >= 0.3 is 0 Å². The third-order valence-electron chi connectivity index (χ3n) is 9.52. The SMILES string of the molecule is CC(C)c1cc2c(c3cn[nH]c13)CN(CC(C)(C)C)C(=O)[C@H](CC(=O)N1CCC(c3cc4ccccc4[nH]c3=O)CC1)CC2. The fourth-order valence-corrected chi connectivity index (χ4v) is 7.24. The second kappa shape index (κ2) is 11.9. The van der Waals surface area contributed by atoms with Crippen LogP contribution in [0, 0.1) is 11.3 Å². The summed E-state index contributed by atoms with van der Waals surface area (Å²) >= 11 is 0. The second-order valence-electron chi connectivity index (χ2n) is 14.4. The summed E-state index contributed by atoms with van der Waals surface area (Å²) < 4.78 is 0. The van der Waals surface area contributed by atoms with Gasteiger partial charge in [-0.1, -0.05) is 58.9 Å². The summed E-state index contributed by atoms with van der Waals surface area (Å²) in [6.07, 6.45) is 5.01. The predicted octanol–water partition coefficient (Wildman–Crippen LogP) is 6.26. The standard InChI is InChI=1S/C36H45N5O3/c1-22(2)27-16-24-10-11-26(35(44)41(21-36(3,4)5)20-30(24)29-19-37-39-33(27)29)18-32(42)40-14-12-23(13-15-40)28-17-25-8-6-7-9-31(25)38-34(28)43/h6-9,16-17,19,22-23,26H,10-15,18,20-21H2,1-5H3,(H,37,39)(H,38,43)/t26-/m0/s1. The van der Waals surface area contributed by atoms with Crippen molar-refractivity contribution in [3.63, 3.8) is 0 Å². The molecule has 0 saturated carbocycles. The number of benzene rings is 2. The molecule has 1 atom stereocenters. The van der Waals surface area contributed by atoms with Crippen LogP contribution in [0.2, 0.25) is 0 Å². The van der Waals surface area contributed by atoms with Gasteiger partial charge in [0.25, 0.3) is 5.56 Å². The first-order chi connectivity index (χ1) is 21.0. The molecule has 2 aromatic heterocycles. The number of hydrogen-bond acceptors (Lipinski definition) is 4. The summed E-state index contributed by atoms with van der Waals surface area (Å²) in [6.45, 7) is 13.2. The van der Waals surface area contributed by atoms with Crippen LogP contribution in [0.4, 0.5) is 0 Å². The molecule has 1 saturated heterocycles. The number of aromatic nitrogens is 3. The average Bonchev–Trinajstić information content (AvgIpc) is 3.47. The Morgan fingerprint density at radius 2 is 1.82 bits per heavy atom. The van der Waals surface area contributed by atoms with Crippen LogP contribution in [0.5, 0.6) is 0 Å². The zero-order chi connectivity index (χ0) is 31.2. The number of piperidine rings is 1. The van der Waals surface area contributed by atoms with Crippen LogP contribution >= 0.6 is 0 Å². The van der Waals surface area contributed by atoms with Gasteiger partial charge in [0.2, 0.25) is 11.8 Å². The lowest BCUT2D eigenvalue weighted by molar-refractivity contribution is -0.143. The van der Waals surface area contributed by atoms with E-state index in [4.69, 9.17) is 0 Å². The number of likely N-dealkylation sites (tertiary alicyclic amines) is 1. The highest BCUT2D eigenvalue weighted by molar-refractivity contribution is 5.89. The first kappa shape index (κ1) is 30.1. The minimum atomic E-state index is -0.360. The Labute approximate surface area is 259 Å². The monoisotopic (exact) mass is 595 g/mol. The van der Waals surface area contributed by atoms with Crippen LogP contribution in [0.25, 0.3) is 21.8 Å². The Morgan fingerprint density at radius 3 is 2.55 bits per heavy atom. The van der Waals surface area contributed by atoms with Crippen LogP contribution in [-0.2, 0) is 22.6 Å². The van der Waals surface area contributed by atoms with E-state index in [1.54, 1.807) is 0 Å². The highest BCUT2D eigenvalue weighted by atomic mass is 16.2. The number of fused-ring (bicyclic) bond motifs is 4. The summed E-state index contributed by atoms with van der Waals surface area (Å²) in [6, 6.07) is 12.1. The largest absolute Gasteiger partial charge is 0.343 e. The number of carbonyl (C=O) groups is 2. The molecule has 8 nitrogen and oxygen atoms in total. The van der Waals surface area contributed by atoms with Crippen molar-refractivity contribution >= 4 is 33.6 Å². The number of H-pyrrole nitrogens is 2. The summed E-state index contributed by atoms with van der Waals surface area (Å²) in [5.41, 5.74) is 6.25. The number of hydrogen-bond donors (Lipinski definition) is 2. The van der Waals surface area contributed by atoms with Gasteiger partial charge in [-0.05, 0) is 77.1 Å². The van der Waals surface area contributed by atoms with Crippen molar-refractivity contribution in [3.05, 3.63) is 75.2 Å². The number of aromatic amines is 2. The highest BCUT2D eigenvalue weighted by Crippen LogP contribution is 2.35. The molecule has 1 fully saturated rings. The number of para-hydroxylation sites is 1. The molecule has 4 heterocycles. The molecule has 2 aliphatic heterocycles. The van der Waals surface area contributed by atoms with E-state index < -0.39 is 0 Å². The molecule has 4 aromatic rings. The molecule has 2 aliphatic rings. The molecule has 232 valence electrons. The van der Waals surface area contributed by atoms with Gasteiger partial charge < -0.3 is 14.8 Å². The number of amides is 2. The molecule has 0 unspecified atom stereocenters. The fourth-order valence-electron chi connectivity index (χ4n) is 7.24. The lowest BCUT2D eigenvalue weighted by Gasteiger charge is -2.37. The van der Waals surface area contributed by atoms with Crippen LogP contribution in [0.1, 0.15) is 94.4 Å². The smallest absolute Gasteiger partial charge is 0.251 e. The van der Waals surface area contributed by atoms with Crippen molar-refractivity contribution in [1.82, 2.24) is 25.0 Å². The summed E-state index contributed by atoms with van der Waals surface area (Å²) in [5.74, 6) is 0.206. The van der Waals surface area contributed by atoms with Gasteiger partial charge in [-0.3, -0.25) is 19.5 Å². The summed E-state index contributed by atoms with van der Waals surface area (Å²) in [7, 11) is 0. The molecule has 0 bridgehead atoms. The number of aryl methyl sites for hydroxylation is 1. The maximum absolute atomic E-state index is 14.1. The summed E-state index contributed by atoms with van der Waals surface area (Å²) in [5, 5.41) is 9.70. The summed E-state index contributed by atoms with van der Waals surface area (Å²) in [4.78, 5) is 47.6. The number of carbonyl (C=O) groups excluding carboxylic acids is 2. The third kappa shape index (κ3) is 6.04. The van der Waals surface area contributed by atoms with Gasteiger partial charge in [0, 0.05) is 55.0 Å². The first-order valence-corrected chi connectivity index (χ1v) is 16.1. The van der Waals surface area contributed by atoms with Crippen molar-refractivity contribution in [2.24, 2.45) is 11.3 Å². The Kier molecular flexibility index (Phi) is 8.12. The molecule has 44 heavy (non-hydrogen) atoms. The van der Waals surface area contributed by atoms with Crippen molar-refractivity contribution in [3.8, 4) is 0 Å². The van der Waals surface area contributed by atoms with Crippen LogP contribution in [0.15, 0.2) is 47.4 Å². The minimum absolute atomic E-state index is 0.0406. The van der Waals surface area contributed by atoms with E-state index >= 15 is 0 Å². The molecule has 0 radical (unpaired) electrons. The Bertz CT molecular complexity index is 1750. The zero-order valence-electron chi connectivity index (χ0n) is 26.7. The molecule has 2 N–H and O–H groups in total. The Hall–Kier alpha value is -3.94. The van der Waals surface area contributed by atoms with Gasteiger partial charge in [-0.2, -0.15) is 5.10 Å². The van der Waals surface area contributed by atoms with Crippen LogP contribution < -0.4 is 5.56 Å². The molecular formula is C36H45N5O3. The molecule has 0 aliphatic carbocycles. The Morgan fingerprint density at radius 1 is 1.07 bits per heavy atom. The maximum Gasteiger partial charge on any atom is 0.251 e. The second-order valence-corrected chi connectivity index (χ2v) is 14.4. The van der Waals surface area contributed by atoms with Crippen molar-refractivity contribution in [2.75, 3.05) is 19.6 Å². The zero-order valence-corrected chi connectivity index (χ0v) is 26.7. The Balaban J connectivity index is 1.20. The molecule has 0 spiro atoms. The maximum atomic E-state index is 14.1. The van der Waals surface area contributed by atoms with E-state index in [1.807, 2.05) is 46.3 Å². The van der Waals surface area contributed by atoms with Gasteiger partial charge in [0.1, 0.15) is 0 Å². The van der Waals surface area contributed by atoms with Crippen molar-refractivity contribution < 1.29 is 9.59 Å². The predicted molar refractivity (Wildman–Crippen MR) is 175 cm³/mol. The molecule has 6 rings (SSSR count). The first-order valence-electron chi connectivity index (χ1n) is 16.1. The highest BCUT2D eigenvalue weighted by Gasteiger charge is 2.34. The lowest BCUT2D eigenvalue weighted by atomic mass is 9.85. The quantitative estimate of drug-likeness (QED) is 0.284. The molecule has 8 heteroatoms. The van der Waals surface area contributed by atoms with E-state index in [0.29, 0.717) is 38.5 Å². The fraction of sp³-hybridized carbons (Fsp3) is 0.500. The van der Waals surface area contributed by atoms with Gasteiger partial charge in [-0.15, -0.1) is 0 Å². The number of pyridine rings is 1. The van der Waals surface area contributed by atoms with E-state index in [9.17, 15) is 14.4 Å². The van der Waals surface area contributed by atoms with E-state index in [1.165, 1.54) is 16.7 Å². The lowest BCUT2D eigenvalue weighted by Crippen LogP contribution is -2.45. The van der Waals surface area contributed by atoms with Gasteiger partial charge in [0.15, 0.2) is 0 Å². The van der Waals surface area contributed by atoms with Gasteiger partial charge in [-0.25, -0.2) is 0 Å². The van der Waals surface area contributed by atoms with E-state index in [0.717, 1.165) is 46.6 Å². The topological polar surface area (TPSA) is 102 Å². The van der Waals surface area contributed by atoms with Crippen LogP contribution in [0.3, 0.4) is 0 Å². The minimum Gasteiger partial charge on any atom is -0.343 e. The van der Waals surface area contributed by atoms with Crippen molar-refractivity contribution in [2.45, 2.75) is 85.1 Å².